The first-order valence-electron chi connectivity index (χ1n) is 4.53. The molecule has 2 unspecified atom stereocenters. The van der Waals surface area contributed by atoms with Gasteiger partial charge in [-0.2, -0.15) is 0 Å². The zero-order valence-corrected chi connectivity index (χ0v) is 8.66. The topological polar surface area (TPSA) is 35.5 Å². The molecule has 2 N–H and O–H groups in total. The Bertz CT molecular complexity index is 341. The first-order chi connectivity index (χ1) is 6.70. The molecule has 1 aromatic rings. The van der Waals surface area contributed by atoms with Gasteiger partial charge in [0.1, 0.15) is 0 Å². The van der Waals surface area contributed by atoms with Gasteiger partial charge in [0.2, 0.25) is 0 Å². The zero-order chi connectivity index (χ0) is 10.1. The second-order valence-electron chi connectivity index (χ2n) is 3.36. The van der Waals surface area contributed by atoms with Crippen LogP contribution in [0.25, 0.3) is 0 Å². The van der Waals surface area contributed by atoms with Crippen LogP contribution in [0.5, 0.6) is 0 Å². The lowest BCUT2D eigenvalue weighted by molar-refractivity contribution is 0.169. The summed E-state index contributed by atoms with van der Waals surface area (Å²) in [6, 6.07) is 9.61. The van der Waals surface area contributed by atoms with Gasteiger partial charge in [-0.05, 0) is 31.3 Å². The Hall–Kier alpha value is -1.13. The van der Waals surface area contributed by atoms with Crippen molar-refractivity contribution in [3.63, 3.8) is 0 Å². The van der Waals surface area contributed by atoms with E-state index >= 15 is 0 Å². The van der Waals surface area contributed by atoms with Gasteiger partial charge in [0.15, 0.2) is 11.3 Å². The summed E-state index contributed by atoms with van der Waals surface area (Å²) in [4.78, 5) is 1.72. The second kappa shape index (κ2) is 3.55. The first kappa shape index (κ1) is 9.43. The Kier molecular flexibility index (Phi) is 2.39. The molecule has 0 saturated carbocycles. The van der Waals surface area contributed by atoms with E-state index in [4.69, 9.17) is 12.2 Å². The molecule has 0 spiro atoms. The molecule has 3 nitrogen and oxygen atoms in total. The van der Waals surface area contributed by atoms with Crippen LogP contribution in [0.3, 0.4) is 0 Å². The molecule has 2 rings (SSSR count). The van der Waals surface area contributed by atoms with Crippen LogP contribution < -0.4 is 10.2 Å². The summed E-state index contributed by atoms with van der Waals surface area (Å²) in [5.41, 5.74) is 0.918. The van der Waals surface area contributed by atoms with Crippen molar-refractivity contribution < 1.29 is 5.11 Å². The van der Waals surface area contributed by atoms with Crippen molar-refractivity contribution in [2.24, 2.45) is 0 Å². The van der Waals surface area contributed by atoms with Crippen molar-refractivity contribution in [3.05, 3.63) is 30.3 Å². The Labute approximate surface area is 88.3 Å². The van der Waals surface area contributed by atoms with Gasteiger partial charge >= 0.3 is 0 Å². The van der Waals surface area contributed by atoms with Gasteiger partial charge in [-0.3, -0.25) is 4.90 Å². The minimum absolute atomic E-state index is 0.0253. The van der Waals surface area contributed by atoms with Gasteiger partial charge in [0.05, 0.1) is 6.04 Å². The summed E-state index contributed by atoms with van der Waals surface area (Å²) in [5.74, 6) is 0. The Balaban J connectivity index is 2.31. The number of thiocarbonyl (C=S) groups is 1. The van der Waals surface area contributed by atoms with Gasteiger partial charge in [-0.25, -0.2) is 0 Å². The molecule has 1 aromatic carbocycles. The number of para-hydroxylation sites is 1. The Morgan fingerprint density at radius 3 is 2.50 bits per heavy atom. The van der Waals surface area contributed by atoms with Gasteiger partial charge in [0.25, 0.3) is 0 Å². The molecule has 1 fully saturated rings. The SMILES string of the molecule is CC1NC(=S)N(c2ccccc2)C1O. The molecular weight excluding hydrogens is 196 g/mol. The summed E-state index contributed by atoms with van der Waals surface area (Å²) < 4.78 is 0. The predicted octanol–water partition coefficient (Wildman–Crippen LogP) is 1.09. The van der Waals surface area contributed by atoms with E-state index in [0.29, 0.717) is 5.11 Å². The Morgan fingerprint density at radius 1 is 1.36 bits per heavy atom. The van der Waals surface area contributed by atoms with Gasteiger partial charge in [0, 0.05) is 5.69 Å². The highest BCUT2D eigenvalue weighted by atomic mass is 32.1. The number of nitrogens with one attached hydrogen (secondary N) is 1. The van der Waals surface area contributed by atoms with Crippen molar-refractivity contribution >= 4 is 23.0 Å². The molecule has 2 atom stereocenters. The van der Waals surface area contributed by atoms with Crippen LogP contribution in [0, 0.1) is 0 Å². The van der Waals surface area contributed by atoms with E-state index in [1.807, 2.05) is 37.3 Å². The van der Waals surface area contributed by atoms with E-state index in [2.05, 4.69) is 5.32 Å². The summed E-state index contributed by atoms with van der Waals surface area (Å²) in [7, 11) is 0. The van der Waals surface area contributed by atoms with E-state index in [1.165, 1.54) is 0 Å². The molecule has 0 bridgehead atoms. The van der Waals surface area contributed by atoms with Crippen LogP contribution in [0.2, 0.25) is 0 Å². The molecule has 0 radical (unpaired) electrons. The van der Waals surface area contributed by atoms with E-state index < -0.39 is 6.23 Å². The quantitative estimate of drug-likeness (QED) is 0.677. The van der Waals surface area contributed by atoms with Crippen LogP contribution in [-0.4, -0.2) is 22.5 Å². The van der Waals surface area contributed by atoms with Crippen molar-refractivity contribution in [2.45, 2.75) is 19.2 Å². The van der Waals surface area contributed by atoms with E-state index in [1.54, 1.807) is 4.90 Å². The van der Waals surface area contributed by atoms with Gasteiger partial charge in [-0.1, -0.05) is 18.2 Å². The fourth-order valence-electron chi connectivity index (χ4n) is 1.54. The van der Waals surface area contributed by atoms with Crippen LogP contribution in [0.15, 0.2) is 30.3 Å². The predicted molar refractivity (Wildman–Crippen MR) is 60.1 cm³/mol. The maximum atomic E-state index is 9.86. The highest BCUT2D eigenvalue weighted by Crippen LogP contribution is 2.21. The third-order valence-electron chi connectivity index (χ3n) is 2.32. The van der Waals surface area contributed by atoms with E-state index in [-0.39, 0.29) is 6.04 Å². The molecule has 14 heavy (non-hydrogen) atoms. The lowest BCUT2D eigenvalue weighted by atomic mass is 10.2. The third kappa shape index (κ3) is 1.47. The molecule has 0 amide bonds. The molecule has 1 saturated heterocycles. The normalized spacial score (nSPS) is 26.4. The van der Waals surface area contributed by atoms with Crippen molar-refractivity contribution in [2.75, 3.05) is 4.90 Å². The minimum atomic E-state index is -0.579. The second-order valence-corrected chi connectivity index (χ2v) is 3.74. The summed E-state index contributed by atoms with van der Waals surface area (Å²) >= 11 is 5.13. The minimum Gasteiger partial charge on any atom is -0.371 e. The summed E-state index contributed by atoms with van der Waals surface area (Å²) in [6.07, 6.45) is -0.579. The van der Waals surface area contributed by atoms with Crippen molar-refractivity contribution in [3.8, 4) is 0 Å². The maximum absolute atomic E-state index is 9.86. The van der Waals surface area contributed by atoms with Crippen LogP contribution in [0.1, 0.15) is 6.92 Å². The molecule has 0 aliphatic carbocycles. The van der Waals surface area contributed by atoms with Crippen LogP contribution >= 0.6 is 12.2 Å². The molecule has 1 aliphatic rings. The van der Waals surface area contributed by atoms with Gasteiger partial charge in [-0.15, -0.1) is 0 Å². The highest BCUT2D eigenvalue weighted by molar-refractivity contribution is 7.80. The number of nitrogens with zero attached hydrogens (tertiary/aromatic N) is 1. The number of anilines is 1. The number of aliphatic hydroxyl groups is 1. The average molecular weight is 208 g/mol. The molecular formula is C10H12N2OS. The summed E-state index contributed by atoms with van der Waals surface area (Å²) in [6.45, 7) is 1.90. The fraction of sp³-hybridized carbons (Fsp3) is 0.300. The number of rotatable bonds is 1. The maximum Gasteiger partial charge on any atom is 0.176 e. The van der Waals surface area contributed by atoms with E-state index in [9.17, 15) is 5.11 Å². The molecule has 0 aromatic heterocycles. The van der Waals surface area contributed by atoms with E-state index in [0.717, 1.165) is 5.69 Å². The van der Waals surface area contributed by atoms with Crippen LogP contribution in [0.4, 0.5) is 5.69 Å². The largest absolute Gasteiger partial charge is 0.371 e. The lowest BCUT2D eigenvalue weighted by Crippen LogP contribution is -2.35. The number of hydrogen-bond donors (Lipinski definition) is 2. The number of aliphatic hydroxyl groups excluding tert-OH is 1. The summed E-state index contributed by atoms with van der Waals surface area (Å²) in [5, 5.41) is 13.5. The lowest BCUT2D eigenvalue weighted by Gasteiger charge is -2.21. The standard InChI is InChI=1S/C10H12N2OS/c1-7-9(13)12(10(14)11-7)8-5-3-2-4-6-8/h2-7,9,13H,1H3,(H,11,14). The van der Waals surface area contributed by atoms with Gasteiger partial charge < -0.3 is 10.4 Å². The smallest absolute Gasteiger partial charge is 0.176 e. The monoisotopic (exact) mass is 208 g/mol. The van der Waals surface area contributed by atoms with Crippen LogP contribution in [-0.2, 0) is 0 Å². The Morgan fingerprint density at radius 2 is 2.00 bits per heavy atom. The first-order valence-corrected chi connectivity index (χ1v) is 4.94. The zero-order valence-electron chi connectivity index (χ0n) is 7.84. The molecule has 74 valence electrons. The third-order valence-corrected chi connectivity index (χ3v) is 2.63. The highest BCUT2D eigenvalue weighted by Gasteiger charge is 2.33. The molecule has 1 aliphatic heterocycles. The number of hydrogen-bond acceptors (Lipinski definition) is 2. The average Bonchev–Trinajstić information content (AvgIpc) is 2.43. The molecule has 4 heteroatoms. The van der Waals surface area contributed by atoms with Crippen molar-refractivity contribution in [1.29, 1.82) is 0 Å². The molecule has 1 heterocycles. The number of benzene rings is 1. The fourth-order valence-corrected chi connectivity index (χ4v) is 1.94. The van der Waals surface area contributed by atoms with Crippen molar-refractivity contribution in [1.82, 2.24) is 5.32 Å².